The Labute approximate surface area is 79.6 Å². The number of nitrogens with zero attached hydrogens (tertiary/aromatic N) is 1. The Morgan fingerprint density at radius 2 is 1.85 bits per heavy atom. The van der Waals surface area contributed by atoms with Gasteiger partial charge in [-0.15, -0.1) is 0 Å². The fourth-order valence-electron chi connectivity index (χ4n) is 0.331. The molecule has 0 spiro atoms. The van der Waals surface area contributed by atoms with Crippen LogP contribution in [0.25, 0.3) is 0 Å². The van der Waals surface area contributed by atoms with Crippen LogP contribution in [0.5, 0.6) is 0 Å². The molecular weight excluding hydrogens is 218 g/mol. The molecule has 0 radical (unpaired) electrons. The first kappa shape index (κ1) is 11.9. The van der Waals surface area contributed by atoms with Gasteiger partial charge in [0.2, 0.25) is 0 Å². The third-order valence-corrected chi connectivity index (χ3v) is 2.37. The van der Waals surface area contributed by atoms with Gasteiger partial charge in [0.1, 0.15) is 0 Å². The van der Waals surface area contributed by atoms with Gasteiger partial charge in [-0.3, -0.25) is 10.1 Å². The van der Waals surface area contributed by atoms with Gasteiger partial charge < -0.3 is 0 Å². The van der Waals surface area contributed by atoms with Crippen molar-refractivity contribution in [2.75, 3.05) is 0 Å². The van der Waals surface area contributed by atoms with Gasteiger partial charge in [-0.25, -0.2) is 8.42 Å². The molecule has 0 aliphatic heterocycles. The van der Waals surface area contributed by atoms with E-state index in [-0.39, 0.29) is 0 Å². The van der Waals surface area contributed by atoms with Gasteiger partial charge in [-0.2, -0.15) is 0 Å². The highest BCUT2D eigenvalue weighted by atomic mass is 35.7. The number of rotatable bonds is 4. The Bertz CT molecular complexity index is 381. The first-order valence-corrected chi connectivity index (χ1v) is 5.21. The predicted molar refractivity (Wildman–Crippen MR) is 49.2 cm³/mol. The van der Waals surface area contributed by atoms with E-state index in [0.717, 1.165) is 12.2 Å². The van der Waals surface area contributed by atoms with Crippen LogP contribution in [0.2, 0.25) is 0 Å². The van der Waals surface area contributed by atoms with Crippen LogP contribution < -0.4 is 0 Å². The molecule has 0 atom stereocenters. The summed E-state index contributed by atoms with van der Waals surface area (Å²) in [6.07, 6.45) is 1.82. The van der Waals surface area contributed by atoms with Crippen molar-refractivity contribution in [2.45, 2.75) is 0 Å². The van der Waals surface area contributed by atoms with Crippen molar-refractivity contribution in [3.8, 4) is 0 Å². The van der Waals surface area contributed by atoms with Crippen LogP contribution in [0.4, 0.5) is 0 Å². The highest BCUT2D eigenvalue weighted by Gasteiger charge is 2.08. The average molecular weight is 224 g/mol. The van der Waals surface area contributed by atoms with Gasteiger partial charge in [0.25, 0.3) is 14.7 Å². The molecule has 0 aromatic carbocycles. The van der Waals surface area contributed by atoms with E-state index in [1.54, 1.807) is 0 Å². The normalized spacial score (nSPS) is 11.5. The Balaban J connectivity index is 4.58. The smallest absolute Gasteiger partial charge is 0.258 e. The van der Waals surface area contributed by atoms with E-state index < -0.39 is 24.6 Å². The summed E-state index contributed by atoms with van der Waals surface area (Å²) in [6, 6.07) is 0. The average Bonchev–Trinajstić information content (AvgIpc) is 1.97. The van der Waals surface area contributed by atoms with E-state index in [0.29, 0.717) is 0 Å². The molecule has 0 aromatic rings. The van der Waals surface area contributed by atoms with Crippen molar-refractivity contribution in [1.82, 2.24) is 0 Å². The zero-order valence-electron chi connectivity index (χ0n) is 6.44. The Morgan fingerprint density at radius 1 is 1.38 bits per heavy atom. The Kier molecular flexibility index (Phi) is 3.83. The van der Waals surface area contributed by atoms with E-state index in [4.69, 9.17) is 10.7 Å². The predicted octanol–water partition coefficient (Wildman–Crippen LogP) is 1.42. The summed E-state index contributed by atoms with van der Waals surface area (Å²) in [5.74, 6) is 0. The molecule has 0 unspecified atom stereocenters. The number of allylic oxidation sites excluding steroid dienone is 2. The van der Waals surface area contributed by atoms with Gasteiger partial charge in [0.15, 0.2) is 0 Å². The van der Waals surface area contributed by atoms with Crippen molar-refractivity contribution in [3.05, 3.63) is 46.0 Å². The lowest BCUT2D eigenvalue weighted by Crippen LogP contribution is -1.94. The molecule has 13 heavy (non-hydrogen) atoms. The quantitative estimate of drug-likeness (QED) is 0.313. The molecule has 0 N–H and O–H groups in total. The van der Waals surface area contributed by atoms with Crippen molar-refractivity contribution >= 4 is 19.7 Å². The van der Waals surface area contributed by atoms with Crippen LogP contribution in [0.1, 0.15) is 0 Å². The van der Waals surface area contributed by atoms with Crippen LogP contribution in [-0.4, -0.2) is 13.3 Å². The van der Waals surface area contributed by atoms with Crippen LogP contribution >= 0.6 is 10.7 Å². The molecule has 5 nitrogen and oxygen atoms in total. The van der Waals surface area contributed by atoms with Crippen molar-refractivity contribution in [1.29, 1.82) is 0 Å². The molecule has 0 fully saturated rings. The highest BCUT2D eigenvalue weighted by Crippen LogP contribution is 2.11. The zero-order chi connectivity index (χ0) is 10.6. The first-order valence-electron chi connectivity index (χ1n) is 2.90. The molecule has 7 heteroatoms. The van der Waals surface area contributed by atoms with Crippen molar-refractivity contribution < 1.29 is 13.3 Å². The largest absolute Gasteiger partial charge is 0.262 e. The van der Waals surface area contributed by atoms with E-state index in [1.165, 1.54) is 0 Å². The van der Waals surface area contributed by atoms with Crippen LogP contribution in [0.15, 0.2) is 35.9 Å². The molecule has 0 aromatic heterocycles. The maximum absolute atomic E-state index is 10.5. The maximum Gasteiger partial charge on any atom is 0.262 e. The molecule has 0 aliphatic carbocycles. The second kappa shape index (κ2) is 4.20. The number of hydrogen-bond acceptors (Lipinski definition) is 4. The third-order valence-electron chi connectivity index (χ3n) is 1.01. The van der Waals surface area contributed by atoms with Crippen LogP contribution in [0.3, 0.4) is 0 Å². The summed E-state index contributed by atoms with van der Waals surface area (Å²) >= 11 is 0. The minimum atomic E-state index is -3.90. The lowest BCUT2D eigenvalue weighted by atomic mass is 10.4. The molecular formula is C6H6ClNO4S. The zero-order valence-corrected chi connectivity index (χ0v) is 8.01. The summed E-state index contributed by atoms with van der Waals surface area (Å²) in [4.78, 5) is 8.83. The second-order valence-corrected chi connectivity index (χ2v) is 4.60. The maximum atomic E-state index is 10.5. The Hall–Kier alpha value is -1.14. The molecule has 0 aliphatic rings. The molecule has 0 rings (SSSR count). The van der Waals surface area contributed by atoms with Crippen molar-refractivity contribution in [2.24, 2.45) is 0 Å². The number of nitro groups is 1. The monoisotopic (exact) mass is 223 g/mol. The van der Waals surface area contributed by atoms with E-state index in [2.05, 4.69) is 13.2 Å². The minimum Gasteiger partial charge on any atom is -0.258 e. The fourth-order valence-corrected chi connectivity index (χ4v) is 0.716. The van der Waals surface area contributed by atoms with Gasteiger partial charge in [-0.1, -0.05) is 6.58 Å². The Morgan fingerprint density at radius 3 is 2.15 bits per heavy atom. The van der Waals surface area contributed by atoms with E-state index >= 15 is 0 Å². The summed E-state index contributed by atoms with van der Waals surface area (Å²) in [5.41, 5.74) is -0.443. The number of hydrogen-bond donors (Lipinski definition) is 0. The van der Waals surface area contributed by atoms with Crippen molar-refractivity contribution in [3.63, 3.8) is 0 Å². The minimum absolute atomic E-state index is 0.419. The summed E-state index contributed by atoms with van der Waals surface area (Å²) in [6.45, 7) is 6.13. The number of halogens is 1. The summed E-state index contributed by atoms with van der Waals surface area (Å²) in [5, 5.41) is 10.0. The van der Waals surface area contributed by atoms with Crippen LogP contribution in [0, 0.1) is 10.1 Å². The standard InChI is InChI=1S/C6H6ClNO4S/c1-5(8(9)10)3-4-6(2)13(7,11)12/h3-4H,1-2H2/b4-3-. The SMILES string of the molecule is C=C(/C=C\C(=C)S(=O)(=O)Cl)[N+](=O)[O-]. The lowest BCUT2D eigenvalue weighted by molar-refractivity contribution is -0.418. The van der Waals surface area contributed by atoms with E-state index in [9.17, 15) is 18.5 Å². The second-order valence-electron chi connectivity index (χ2n) is 1.99. The molecule has 0 saturated carbocycles. The molecule has 0 bridgehead atoms. The topological polar surface area (TPSA) is 77.3 Å². The highest BCUT2D eigenvalue weighted by molar-refractivity contribution is 8.16. The van der Waals surface area contributed by atoms with Gasteiger partial charge in [0.05, 0.1) is 9.83 Å². The molecule has 0 heterocycles. The molecule has 0 saturated heterocycles. The van der Waals surface area contributed by atoms with Gasteiger partial charge >= 0.3 is 0 Å². The first-order chi connectivity index (χ1) is 5.75. The van der Waals surface area contributed by atoms with E-state index in [1.807, 2.05) is 0 Å². The fraction of sp³-hybridized carbons (Fsp3) is 0. The molecule has 72 valence electrons. The lowest BCUT2D eigenvalue weighted by Gasteiger charge is -1.91. The van der Waals surface area contributed by atoms with Crippen LogP contribution in [-0.2, 0) is 9.05 Å². The van der Waals surface area contributed by atoms with Gasteiger partial charge in [-0.05, 0) is 12.7 Å². The van der Waals surface area contributed by atoms with Gasteiger partial charge in [0, 0.05) is 16.8 Å². The third kappa shape index (κ3) is 4.44. The molecule has 0 amide bonds. The summed E-state index contributed by atoms with van der Waals surface area (Å²) in [7, 11) is 0.972. The summed E-state index contributed by atoms with van der Waals surface area (Å²) < 4.78 is 21.1.